The first kappa shape index (κ1) is 19.1. The van der Waals surface area contributed by atoms with Crippen molar-refractivity contribution in [3.63, 3.8) is 0 Å². The van der Waals surface area contributed by atoms with Crippen LogP contribution >= 0.6 is 0 Å². The predicted octanol–water partition coefficient (Wildman–Crippen LogP) is 2.99. The van der Waals surface area contributed by atoms with Crippen molar-refractivity contribution >= 4 is 11.6 Å². The number of nitrogens with zero attached hydrogens (tertiary/aromatic N) is 4. The van der Waals surface area contributed by atoms with E-state index in [0.29, 0.717) is 24.8 Å². The highest BCUT2D eigenvalue weighted by molar-refractivity contribution is 5.92. The van der Waals surface area contributed by atoms with E-state index in [1.165, 1.54) is 0 Å². The van der Waals surface area contributed by atoms with E-state index < -0.39 is 0 Å². The Morgan fingerprint density at radius 1 is 1.31 bits per heavy atom. The molecule has 4 rings (SSSR count). The van der Waals surface area contributed by atoms with Crippen molar-refractivity contribution in [1.82, 2.24) is 20.0 Å². The van der Waals surface area contributed by atoms with Crippen LogP contribution < -0.4 is 10.1 Å². The number of anilines is 1. The van der Waals surface area contributed by atoms with Gasteiger partial charge in [-0.1, -0.05) is 5.16 Å². The molecule has 1 aromatic carbocycles. The smallest absolute Gasteiger partial charge is 0.241 e. The van der Waals surface area contributed by atoms with Crippen LogP contribution in [-0.4, -0.2) is 46.1 Å². The summed E-state index contributed by atoms with van der Waals surface area (Å²) >= 11 is 0. The Morgan fingerprint density at radius 2 is 2.17 bits per heavy atom. The van der Waals surface area contributed by atoms with E-state index in [4.69, 9.17) is 9.26 Å². The number of pyridine rings is 1. The lowest BCUT2D eigenvalue weighted by Gasteiger charge is -2.30. The number of carbonyl (C=O) groups excluding carboxylic acids is 1. The predicted molar refractivity (Wildman–Crippen MR) is 107 cm³/mol. The fourth-order valence-corrected chi connectivity index (χ4v) is 3.46. The van der Waals surface area contributed by atoms with Crippen LogP contribution in [0.15, 0.2) is 53.3 Å². The summed E-state index contributed by atoms with van der Waals surface area (Å²) in [7, 11) is 1.63. The number of piperidine rings is 1. The van der Waals surface area contributed by atoms with Gasteiger partial charge in [0.1, 0.15) is 5.75 Å². The van der Waals surface area contributed by atoms with Crippen molar-refractivity contribution in [1.29, 1.82) is 0 Å². The summed E-state index contributed by atoms with van der Waals surface area (Å²) in [6.07, 6.45) is 5.15. The van der Waals surface area contributed by atoms with Crippen molar-refractivity contribution in [2.24, 2.45) is 5.92 Å². The first-order valence-electron chi connectivity index (χ1n) is 9.61. The largest absolute Gasteiger partial charge is 0.497 e. The van der Waals surface area contributed by atoms with E-state index in [1.807, 2.05) is 30.3 Å². The maximum Gasteiger partial charge on any atom is 0.241 e. The number of aromatic nitrogens is 3. The number of amides is 1. The van der Waals surface area contributed by atoms with Gasteiger partial charge in [-0.25, -0.2) is 0 Å². The fraction of sp³-hybridized carbons (Fsp3) is 0.333. The molecule has 1 saturated heterocycles. The molecule has 0 radical (unpaired) electrons. The summed E-state index contributed by atoms with van der Waals surface area (Å²) < 4.78 is 10.6. The van der Waals surface area contributed by atoms with E-state index in [1.54, 1.807) is 25.6 Å². The third-order valence-corrected chi connectivity index (χ3v) is 4.98. The van der Waals surface area contributed by atoms with Gasteiger partial charge in [-0.05, 0) is 55.8 Å². The van der Waals surface area contributed by atoms with Crippen molar-refractivity contribution in [2.75, 3.05) is 25.5 Å². The van der Waals surface area contributed by atoms with Gasteiger partial charge in [-0.2, -0.15) is 4.98 Å². The highest BCUT2D eigenvalue weighted by Gasteiger charge is 2.27. The maximum absolute atomic E-state index is 12.6. The van der Waals surface area contributed by atoms with Gasteiger partial charge in [0.25, 0.3) is 0 Å². The van der Waals surface area contributed by atoms with Crippen molar-refractivity contribution in [3.05, 3.63) is 54.7 Å². The van der Waals surface area contributed by atoms with Crippen LogP contribution in [0.4, 0.5) is 5.69 Å². The number of methoxy groups -OCH3 is 1. The topological polar surface area (TPSA) is 93.4 Å². The Morgan fingerprint density at radius 3 is 2.93 bits per heavy atom. The molecule has 3 aromatic rings. The molecule has 0 saturated carbocycles. The molecule has 1 fully saturated rings. The van der Waals surface area contributed by atoms with E-state index in [-0.39, 0.29) is 11.8 Å². The first-order chi connectivity index (χ1) is 14.2. The van der Waals surface area contributed by atoms with E-state index >= 15 is 0 Å². The van der Waals surface area contributed by atoms with Crippen LogP contribution in [0, 0.1) is 5.92 Å². The van der Waals surface area contributed by atoms with Crippen LogP contribution in [0.1, 0.15) is 18.7 Å². The van der Waals surface area contributed by atoms with E-state index in [9.17, 15) is 4.79 Å². The summed E-state index contributed by atoms with van der Waals surface area (Å²) in [6.45, 7) is 2.09. The quantitative estimate of drug-likeness (QED) is 0.688. The summed E-state index contributed by atoms with van der Waals surface area (Å²) in [5.41, 5.74) is 1.59. The normalized spacial score (nSPS) is 17.1. The van der Waals surface area contributed by atoms with Gasteiger partial charge in [0.05, 0.1) is 31.5 Å². The molecule has 0 aliphatic carbocycles. The Balaban J connectivity index is 1.35. The molecule has 8 nitrogen and oxygen atoms in total. The Hall–Kier alpha value is -3.26. The van der Waals surface area contributed by atoms with Crippen LogP contribution in [-0.2, 0) is 11.3 Å². The van der Waals surface area contributed by atoms with Gasteiger partial charge in [0, 0.05) is 18.3 Å². The molecule has 1 N–H and O–H groups in total. The third kappa shape index (κ3) is 4.78. The zero-order valence-electron chi connectivity index (χ0n) is 16.2. The minimum absolute atomic E-state index is 0.0205. The molecular formula is C21H23N5O3. The minimum Gasteiger partial charge on any atom is -0.497 e. The lowest BCUT2D eigenvalue weighted by Crippen LogP contribution is -2.40. The van der Waals surface area contributed by atoms with Gasteiger partial charge in [-0.15, -0.1) is 0 Å². The first-order valence-corrected chi connectivity index (χ1v) is 9.61. The highest BCUT2D eigenvalue weighted by atomic mass is 16.5. The summed E-state index contributed by atoms with van der Waals surface area (Å²) in [6, 6.07) is 11.2. The Kier molecular flexibility index (Phi) is 5.81. The number of nitrogens with one attached hydrogen (secondary N) is 1. The molecule has 1 aliphatic rings. The van der Waals surface area contributed by atoms with Gasteiger partial charge < -0.3 is 14.6 Å². The summed E-state index contributed by atoms with van der Waals surface area (Å²) in [5, 5.41) is 7.02. The molecule has 1 amide bonds. The highest BCUT2D eigenvalue weighted by Crippen LogP contribution is 2.22. The van der Waals surface area contributed by atoms with Gasteiger partial charge >= 0.3 is 0 Å². The second-order valence-electron chi connectivity index (χ2n) is 7.05. The number of hydrogen-bond acceptors (Lipinski definition) is 7. The standard InChI is InChI=1S/C21H23N5O3/c1-28-18-8-6-15(7-9-18)20-24-19(29-25-20)14-26-11-3-4-16(13-26)21(27)23-17-5-2-10-22-12-17/h2,5-10,12,16H,3-4,11,13-14H2,1H3,(H,23,27). The monoisotopic (exact) mass is 393 g/mol. The van der Waals surface area contributed by atoms with Gasteiger partial charge in [-0.3, -0.25) is 14.7 Å². The van der Waals surface area contributed by atoms with Gasteiger partial charge in [0.15, 0.2) is 0 Å². The number of benzene rings is 1. The molecule has 0 spiro atoms. The summed E-state index contributed by atoms with van der Waals surface area (Å²) in [4.78, 5) is 23.3. The lowest BCUT2D eigenvalue weighted by molar-refractivity contribution is -0.121. The average Bonchev–Trinajstić information content (AvgIpc) is 3.23. The Bertz CT molecular complexity index is 942. The van der Waals surface area contributed by atoms with Crippen molar-refractivity contribution in [3.8, 4) is 17.1 Å². The van der Waals surface area contributed by atoms with Crippen LogP contribution in [0.25, 0.3) is 11.4 Å². The molecule has 1 unspecified atom stereocenters. The minimum atomic E-state index is -0.0760. The average molecular weight is 393 g/mol. The zero-order chi connectivity index (χ0) is 20.1. The molecule has 0 bridgehead atoms. The van der Waals surface area contributed by atoms with Crippen molar-refractivity contribution < 1.29 is 14.1 Å². The number of hydrogen-bond donors (Lipinski definition) is 1. The molecule has 1 aliphatic heterocycles. The van der Waals surface area contributed by atoms with Crippen LogP contribution in [0.5, 0.6) is 5.75 Å². The SMILES string of the molecule is COc1ccc(-c2noc(CN3CCCC(C(=O)Nc4cccnc4)C3)n2)cc1. The van der Waals surface area contributed by atoms with E-state index in [2.05, 4.69) is 25.3 Å². The van der Waals surface area contributed by atoms with Gasteiger partial charge in [0.2, 0.25) is 17.6 Å². The number of carbonyl (C=O) groups is 1. The molecule has 2 aromatic heterocycles. The second-order valence-corrected chi connectivity index (χ2v) is 7.05. The molecule has 3 heterocycles. The maximum atomic E-state index is 12.6. The number of likely N-dealkylation sites (tertiary alicyclic amines) is 1. The molecule has 8 heteroatoms. The second kappa shape index (κ2) is 8.83. The molecule has 150 valence electrons. The zero-order valence-corrected chi connectivity index (χ0v) is 16.2. The Labute approximate surface area is 168 Å². The molecule has 1 atom stereocenters. The third-order valence-electron chi connectivity index (χ3n) is 4.98. The summed E-state index contributed by atoms with van der Waals surface area (Å²) in [5.74, 6) is 1.82. The number of ether oxygens (including phenoxy) is 1. The fourth-order valence-electron chi connectivity index (χ4n) is 3.46. The molecule has 29 heavy (non-hydrogen) atoms. The number of rotatable bonds is 6. The van der Waals surface area contributed by atoms with Crippen LogP contribution in [0.2, 0.25) is 0 Å². The lowest BCUT2D eigenvalue weighted by atomic mass is 9.97. The molecular weight excluding hydrogens is 370 g/mol. The van der Waals surface area contributed by atoms with Crippen molar-refractivity contribution in [2.45, 2.75) is 19.4 Å². The van der Waals surface area contributed by atoms with E-state index in [0.717, 1.165) is 36.4 Å². The van der Waals surface area contributed by atoms with Crippen LogP contribution in [0.3, 0.4) is 0 Å².